The number of nitrogen functional groups attached to an aromatic ring is 1. The van der Waals surface area contributed by atoms with Gasteiger partial charge in [0.2, 0.25) is 0 Å². The molecule has 0 bridgehead atoms. The number of hydrogen-bond donors (Lipinski definition) is 1. The Hall–Kier alpha value is -1.31. The minimum absolute atomic E-state index is 0.191. The largest absolute Gasteiger partial charge is 0.399 e. The highest BCUT2D eigenvalue weighted by molar-refractivity contribution is 6.02. The molecule has 1 atom stereocenters. The molecule has 0 saturated heterocycles. The molecular weight excluding hydrogens is 162 g/mol. The van der Waals surface area contributed by atoms with Gasteiger partial charge in [-0.2, -0.15) is 0 Å². The van der Waals surface area contributed by atoms with Gasteiger partial charge in [0.25, 0.3) is 0 Å². The number of fused-ring (bicyclic) bond motifs is 1. The first-order chi connectivity index (χ1) is 6.22. The maximum absolute atomic E-state index is 11.7. The van der Waals surface area contributed by atoms with Crippen LogP contribution >= 0.6 is 0 Å². The van der Waals surface area contributed by atoms with Crippen molar-refractivity contribution in [1.29, 1.82) is 0 Å². The average molecular weight is 175 g/mol. The van der Waals surface area contributed by atoms with Gasteiger partial charge in [-0.15, -0.1) is 0 Å². The molecule has 1 unspecified atom stereocenters. The summed E-state index contributed by atoms with van der Waals surface area (Å²) >= 11 is 0. The molecule has 2 rings (SSSR count). The van der Waals surface area contributed by atoms with Gasteiger partial charge in [0, 0.05) is 17.2 Å². The quantitative estimate of drug-likeness (QED) is 0.664. The number of benzene rings is 1. The summed E-state index contributed by atoms with van der Waals surface area (Å²) in [5.41, 5.74) is 8.40. The number of carbonyl (C=O) groups is 1. The monoisotopic (exact) mass is 175 g/mol. The lowest BCUT2D eigenvalue weighted by Gasteiger charge is -2.00. The number of ketones is 1. The molecule has 1 aliphatic carbocycles. The summed E-state index contributed by atoms with van der Waals surface area (Å²) in [6.45, 7) is 2.05. The Kier molecular flexibility index (Phi) is 1.83. The highest BCUT2D eigenvalue weighted by Crippen LogP contribution is 2.29. The Morgan fingerprint density at radius 3 is 3.00 bits per heavy atom. The minimum Gasteiger partial charge on any atom is -0.399 e. The van der Waals surface area contributed by atoms with Gasteiger partial charge in [0.15, 0.2) is 5.78 Å². The van der Waals surface area contributed by atoms with Gasteiger partial charge < -0.3 is 5.73 Å². The summed E-state index contributed by atoms with van der Waals surface area (Å²) in [4.78, 5) is 11.7. The second-order valence-electron chi connectivity index (χ2n) is 3.59. The number of hydrogen-bond acceptors (Lipinski definition) is 2. The highest BCUT2D eigenvalue weighted by atomic mass is 16.1. The van der Waals surface area contributed by atoms with Crippen molar-refractivity contribution in [2.75, 3.05) is 5.73 Å². The van der Waals surface area contributed by atoms with E-state index in [2.05, 4.69) is 6.92 Å². The van der Waals surface area contributed by atoms with Gasteiger partial charge >= 0.3 is 0 Å². The van der Waals surface area contributed by atoms with Crippen LogP contribution in [0.25, 0.3) is 0 Å². The van der Waals surface area contributed by atoms with E-state index < -0.39 is 0 Å². The topological polar surface area (TPSA) is 43.1 Å². The van der Waals surface area contributed by atoms with Crippen LogP contribution in [0.5, 0.6) is 0 Å². The molecule has 1 aromatic rings. The van der Waals surface area contributed by atoms with Crippen molar-refractivity contribution in [1.82, 2.24) is 0 Å². The second kappa shape index (κ2) is 2.87. The third-order valence-corrected chi connectivity index (χ3v) is 2.72. The molecule has 0 aliphatic heterocycles. The molecule has 0 fully saturated rings. The van der Waals surface area contributed by atoms with E-state index in [1.807, 2.05) is 12.1 Å². The lowest BCUT2D eigenvalue weighted by Crippen LogP contribution is -2.06. The van der Waals surface area contributed by atoms with Crippen molar-refractivity contribution >= 4 is 11.5 Å². The van der Waals surface area contributed by atoms with Crippen LogP contribution in [0, 0.1) is 5.92 Å². The van der Waals surface area contributed by atoms with Crippen LogP contribution in [0.1, 0.15) is 29.3 Å². The molecule has 1 aromatic carbocycles. The van der Waals surface area contributed by atoms with E-state index in [9.17, 15) is 4.79 Å². The summed E-state index contributed by atoms with van der Waals surface area (Å²) in [5.74, 6) is 0.481. The Balaban J connectivity index is 2.44. The molecule has 13 heavy (non-hydrogen) atoms. The zero-order chi connectivity index (χ0) is 9.42. The fourth-order valence-electron chi connectivity index (χ4n) is 1.93. The number of anilines is 1. The van der Waals surface area contributed by atoms with Crippen LogP contribution in [0.2, 0.25) is 0 Å². The molecule has 1 aliphatic rings. The Morgan fingerprint density at radius 2 is 2.31 bits per heavy atom. The van der Waals surface area contributed by atoms with Crippen molar-refractivity contribution in [2.45, 2.75) is 19.8 Å². The van der Waals surface area contributed by atoms with Crippen LogP contribution in [0.3, 0.4) is 0 Å². The Bertz CT molecular complexity index is 357. The summed E-state index contributed by atoms with van der Waals surface area (Å²) in [6.07, 6.45) is 1.79. The van der Waals surface area contributed by atoms with Crippen LogP contribution in [-0.4, -0.2) is 5.78 Å². The van der Waals surface area contributed by atoms with Crippen molar-refractivity contribution < 1.29 is 4.79 Å². The average Bonchev–Trinajstić information content (AvgIpc) is 2.42. The van der Waals surface area contributed by atoms with E-state index in [-0.39, 0.29) is 11.7 Å². The molecule has 2 heteroatoms. The van der Waals surface area contributed by atoms with Gasteiger partial charge in [0.05, 0.1) is 0 Å². The van der Waals surface area contributed by atoms with Crippen LogP contribution in [0.15, 0.2) is 18.2 Å². The molecule has 68 valence electrons. The van der Waals surface area contributed by atoms with E-state index in [0.29, 0.717) is 0 Å². The van der Waals surface area contributed by atoms with Crippen molar-refractivity contribution in [3.8, 4) is 0 Å². The number of nitrogens with two attached hydrogens (primary N) is 1. The van der Waals surface area contributed by atoms with Gasteiger partial charge in [-0.05, 0) is 36.6 Å². The van der Waals surface area contributed by atoms with Crippen LogP contribution in [-0.2, 0) is 6.42 Å². The molecule has 0 spiro atoms. The molecule has 2 nitrogen and oxygen atoms in total. The van der Waals surface area contributed by atoms with E-state index in [0.717, 1.165) is 29.7 Å². The summed E-state index contributed by atoms with van der Waals surface area (Å²) < 4.78 is 0. The first kappa shape index (κ1) is 8.30. The summed E-state index contributed by atoms with van der Waals surface area (Å²) in [5, 5.41) is 0. The molecular formula is C11H13NO. The van der Waals surface area contributed by atoms with Crippen molar-refractivity contribution in [3.63, 3.8) is 0 Å². The Morgan fingerprint density at radius 1 is 1.54 bits per heavy atom. The van der Waals surface area contributed by atoms with Gasteiger partial charge in [-0.3, -0.25) is 4.79 Å². The zero-order valence-electron chi connectivity index (χ0n) is 7.71. The van der Waals surface area contributed by atoms with Crippen molar-refractivity contribution in [3.05, 3.63) is 29.3 Å². The molecule has 0 aromatic heterocycles. The molecule has 0 radical (unpaired) electrons. The molecule has 0 heterocycles. The normalized spacial score (nSPS) is 20.4. The zero-order valence-corrected chi connectivity index (χ0v) is 7.71. The van der Waals surface area contributed by atoms with E-state index in [1.54, 1.807) is 6.07 Å². The third-order valence-electron chi connectivity index (χ3n) is 2.72. The first-order valence-corrected chi connectivity index (χ1v) is 4.65. The molecule has 0 amide bonds. The third kappa shape index (κ3) is 1.22. The fourth-order valence-corrected chi connectivity index (χ4v) is 1.93. The fraction of sp³-hybridized carbons (Fsp3) is 0.364. The minimum atomic E-state index is 0.191. The van der Waals surface area contributed by atoms with Gasteiger partial charge in [-0.25, -0.2) is 0 Å². The van der Waals surface area contributed by atoms with E-state index in [4.69, 9.17) is 5.73 Å². The van der Waals surface area contributed by atoms with Crippen LogP contribution in [0.4, 0.5) is 5.69 Å². The second-order valence-corrected chi connectivity index (χ2v) is 3.59. The van der Waals surface area contributed by atoms with Gasteiger partial charge in [-0.1, -0.05) is 6.92 Å². The number of Topliss-reactive ketones (excluding diaryl/α,β-unsaturated/α-hetero) is 1. The highest BCUT2D eigenvalue weighted by Gasteiger charge is 2.28. The summed E-state index contributed by atoms with van der Waals surface area (Å²) in [6, 6.07) is 5.57. The smallest absolute Gasteiger partial charge is 0.166 e. The van der Waals surface area contributed by atoms with Crippen LogP contribution < -0.4 is 5.73 Å². The van der Waals surface area contributed by atoms with E-state index >= 15 is 0 Å². The maximum Gasteiger partial charge on any atom is 0.166 e. The van der Waals surface area contributed by atoms with Crippen molar-refractivity contribution in [2.24, 2.45) is 5.92 Å². The van der Waals surface area contributed by atoms with E-state index in [1.165, 1.54) is 0 Å². The Labute approximate surface area is 77.8 Å². The lowest BCUT2D eigenvalue weighted by atomic mass is 10.0. The molecule has 0 saturated carbocycles. The summed E-state index contributed by atoms with van der Waals surface area (Å²) in [7, 11) is 0. The van der Waals surface area contributed by atoms with Gasteiger partial charge in [0.1, 0.15) is 0 Å². The lowest BCUT2D eigenvalue weighted by molar-refractivity contribution is 0.0934. The molecule has 2 N–H and O–H groups in total. The predicted molar refractivity (Wildman–Crippen MR) is 52.7 cm³/mol. The number of carbonyl (C=O) groups excluding carboxylic acids is 1. The predicted octanol–water partition coefficient (Wildman–Crippen LogP) is 2.03. The maximum atomic E-state index is 11.7. The first-order valence-electron chi connectivity index (χ1n) is 4.65. The SMILES string of the molecule is CCC1Cc2cc(N)ccc2C1=O. The standard InChI is InChI=1S/C11H13NO/c1-2-7-5-8-6-9(12)3-4-10(8)11(7)13/h3-4,6-7H,2,5,12H2,1H3. The number of rotatable bonds is 1.